The van der Waals surface area contributed by atoms with Gasteiger partial charge in [0.25, 0.3) is 0 Å². The lowest BCUT2D eigenvalue weighted by Gasteiger charge is -2.40. The first-order valence-electron chi connectivity index (χ1n) is 34.9. The Morgan fingerprint density at radius 3 is 0.968 bits per heavy atom. The van der Waals surface area contributed by atoms with Crippen molar-refractivity contribution in [1.29, 1.82) is 0 Å². The molecule has 28 heteroatoms. The average molecular weight is 1350 g/mol. The Hall–Kier alpha value is -3.98. The molecule has 0 saturated carbocycles. The third kappa shape index (κ3) is 34.5. The molecule has 0 aromatic carbocycles. The van der Waals surface area contributed by atoms with Gasteiger partial charge in [-0.2, -0.15) is 0 Å². The standard InChI is InChI=1S/C66H120N4O24/c1-45-56(79)59(82)48(42-71)92-62(45)88-36-18-24-51(74)67-32-14-9-5-7-12-27-54(77)86-39-21-29-66(4,31-23-41-91-65(85)70-35-17-11-16-34-69-53(76)26-20-38-90-64-47(3)58(81)61(84)50(44-73)94-64)30-22-40-87-55(78)28-13-8-6-10-15-33-68-52(75)25-19-37-89-63-46(2)57(80)60(83)49(43-72)93-63/h45-50,56-64,71-73,79-84H,5-44H2,1-4H3,(H,67,74)(H,68,75)(H,69,76)(H,70,85). The maximum Gasteiger partial charge on any atom is 0.407 e. The number of carbonyl (C=O) groups excluding carboxylic acids is 6. The number of nitrogens with one attached hydrogen (secondary N) is 4. The first-order valence-corrected chi connectivity index (χ1v) is 34.9. The van der Waals surface area contributed by atoms with Crippen LogP contribution >= 0.6 is 0 Å². The van der Waals surface area contributed by atoms with Crippen LogP contribution in [0.4, 0.5) is 4.79 Å². The topological polar surface area (TPSA) is 416 Å². The minimum Gasteiger partial charge on any atom is -0.466 e. The molecule has 3 rings (SSSR count). The number of amides is 4. The smallest absolute Gasteiger partial charge is 0.407 e. The van der Waals surface area contributed by atoms with Gasteiger partial charge >= 0.3 is 18.0 Å². The molecule has 3 aliphatic rings. The van der Waals surface area contributed by atoms with Gasteiger partial charge in [0.2, 0.25) is 17.7 Å². The van der Waals surface area contributed by atoms with Crippen molar-refractivity contribution < 1.29 is 117 Å². The molecule has 28 nitrogen and oxygen atoms in total. The molecule has 0 aliphatic carbocycles. The summed E-state index contributed by atoms with van der Waals surface area (Å²) < 4.78 is 50.4. The van der Waals surface area contributed by atoms with Gasteiger partial charge < -0.3 is 110 Å². The SMILES string of the molecule is CC1C(OCCCC(=O)NCCCCCCCC(=O)OCCCC(C)(CCCOC(=O)CCCCCCCNC(=O)CCCOC2OC(CO)C(O)C(O)C2C)CCCOC(=O)NCCCCCNC(=O)CCCOC2OC(CO)C(O)C(O)C2C)OC(CO)C(O)C1O. The van der Waals surface area contributed by atoms with Crippen LogP contribution in [0.15, 0.2) is 0 Å². The second-order valence-corrected chi connectivity index (χ2v) is 25.9. The van der Waals surface area contributed by atoms with Crippen LogP contribution in [0.3, 0.4) is 0 Å². The minimum atomic E-state index is -1.21. The summed E-state index contributed by atoms with van der Waals surface area (Å²) >= 11 is 0. The molecule has 548 valence electrons. The number of esters is 2. The summed E-state index contributed by atoms with van der Waals surface area (Å²) in [6.07, 6.45) is 4.50. The minimum absolute atomic E-state index is 0.101. The highest BCUT2D eigenvalue weighted by molar-refractivity contribution is 5.76. The molecule has 15 atom stereocenters. The van der Waals surface area contributed by atoms with E-state index in [1.54, 1.807) is 20.8 Å². The lowest BCUT2D eigenvalue weighted by atomic mass is 9.77. The molecule has 13 N–H and O–H groups in total. The van der Waals surface area contributed by atoms with E-state index in [-0.39, 0.29) is 94.0 Å². The Kier molecular flexibility index (Phi) is 44.4. The van der Waals surface area contributed by atoms with Crippen LogP contribution in [0, 0.1) is 23.2 Å². The summed E-state index contributed by atoms with van der Waals surface area (Å²) in [7, 11) is 0. The van der Waals surface area contributed by atoms with Gasteiger partial charge in [-0.15, -0.1) is 0 Å². The van der Waals surface area contributed by atoms with Crippen LogP contribution in [0.2, 0.25) is 0 Å². The number of unbranched alkanes of at least 4 members (excludes halogenated alkanes) is 10. The van der Waals surface area contributed by atoms with Crippen LogP contribution < -0.4 is 21.3 Å². The highest BCUT2D eigenvalue weighted by Gasteiger charge is 2.45. The maximum atomic E-state index is 12.7. The number of ether oxygens (including phenoxy) is 9. The monoisotopic (exact) mass is 1350 g/mol. The van der Waals surface area contributed by atoms with Crippen molar-refractivity contribution in [2.75, 3.05) is 85.6 Å². The second kappa shape index (κ2) is 49.5. The normalized spacial score (nSPS) is 26.8. The predicted octanol–water partition coefficient (Wildman–Crippen LogP) is 2.96. The highest BCUT2D eigenvalue weighted by atomic mass is 16.7. The molecule has 3 heterocycles. The summed E-state index contributed by atoms with van der Waals surface area (Å²) in [5.41, 5.74) is -0.218. The van der Waals surface area contributed by atoms with Crippen molar-refractivity contribution in [2.45, 2.75) is 275 Å². The molecule has 4 amide bonds. The maximum absolute atomic E-state index is 12.7. The first kappa shape index (κ1) is 84.2. The van der Waals surface area contributed by atoms with E-state index in [4.69, 9.17) is 42.6 Å². The number of rotatable bonds is 52. The van der Waals surface area contributed by atoms with Crippen molar-refractivity contribution in [1.82, 2.24) is 21.3 Å². The van der Waals surface area contributed by atoms with Crippen molar-refractivity contribution in [3.63, 3.8) is 0 Å². The fraction of sp³-hybridized carbons (Fsp3) is 0.909. The molecular formula is C66H120N4O24. The van der Waals surface area contributed by atoms with Crippen LogP contribution in [0.5, 0.6) is 0 Å². The second-order valence-electron chi connectivity index (χ2n) is 25.9. The van der Waals surface area contributed by atoms with Gasteiger partial charge in [0.05, 0.1) is 77.8 Å². The van der Waals surface area contributed by atoms with Gasteiger partial charge in [-0.1, -0.05) is 66.2 Å². The van der Waals surface area contributed by atoms with Crippen molar-refractivity contribution in [3.05, 3.63) is 0 Å². The predicted molar refractivity (Wildman–Crippen MR) is 342 cm³/mol. The van der Waals surface area contributed by atoms with E-state index in [0.29, 0.717) is 96.8 Å². The van der Waals surface area contributed by atoms with E-state index in [9.17, 15) is 74.7 Å². The summed E-state index contributed by atoms with van der Waals surface area (Å²) in [5, 5.41) is 100. The van der Waals surface area contributed by atoms with Crippen LogP contribution in [0.1, 0.15) is 201 Å². The van der Waals surface area contributed by atoms with Crippen molar-refractivity contribution in [3.8, 4) is 0 Å². The van der Waals surface area contributed by atoms with E-state index in [0.717, 1.165) is 83.5 Å². The number of hydrogen-bond donors (Lipinski definition) is 13. The largest absolute Gasteiger partial charge is 0.466 e. The molecule has 0 spiro atoms. The van der Waals surface area contributed by atoms with Crippen LogP contribution in [0.25, 0.3) is 0 Å². The fourth-order valence-corrected chi connectivity index (χ4v) is 11.5. The number of hydrogen-bond acceptors (Lipinski definition) is 24. The zero-order valence-electron chi connectivity index (χ0n) is 56.6. The molecular weight excluding hydrogens is 1230 g/mol. The van der Waals surface area contributed by atoms with Gasteiger partial charge in [-0.05, 0) is 108 Å². The van der Waals surface area contributed by atoms with E-state index in [1.807, 2.05) is 0 Å². The molecule has 94 heavy (non-hydrogen) atoms. The lowest BCUT2D eigenvalue weighted by Crippen LogP contribution is -2.55. The van der Waals surface area contributed by atoms with Crippen LogP contribution in [-0.2, 0) is 66.6 Å². The van der Waals surface area contributed by atoms with E-state index < -0.39 is 117 Å². The molecule has 15 unspecified atom stereocenters. The lowest BCUT2D eigenvalue weighted by molar-refractivity contribution is -0.282. The summed E-state index contributed by atoms with van der Waals surface area (Å²) in [6.45, 7) is 9.17. The Balaban J connectivity index is 1.27. The van der Waals surface area contributed by atoms with E-state index >= 15 is 0 Å². The number of aliphatic hydroxyl groups is 9. The molecule has 0 bridgehead atoms. The third-order valence-electron chi connectivity index (χ3n) is 17.8. The Labute approximate surface area is 556 Å². The Bertz CT molecular complexity index is 1970. The molecule has 3 saturated heterocycles. The van der Waals surface area contributed by atoms with Gasteiger partial charge in [-0.3, -0.25) is 24.0 Å². The van der Waals surface area contributed by atoms with Gasteiger partial charge in [-0.25, -0.2) is 4.79 Å². The molecule has 0 aromatic rings. The molecule has 0 aromatic heterocycles. The van der Waals surface area contributed by atoms with Crippen molar-refractivity contribution in [2.24, 2.45) is 23.2 Å². The van der Waals surface area contributed by atoms with Gasteiger partial charge in [0.15, 0.2) is 18.9 Å². The molecule has 3 fully saturated rings. The van der Waals surface area contributed by atoms with Crippen LogP contribution in [-0.4, -0.2) is 241 Å². The molecule has 3 aliphatic heterocycles. The van der Waals surface area contributed by atoms with Gasteiger partial charge in [0.1, 0.15) is 36.6 Å². The summed E-state index contributed by atoms with van der Waals surface area (Å²) in [5.74, 6) is -2.35. The average Bonchev–Trinajstić information content (AvgIpc) is 0.876. The fourth-order valence-electron chi connectivity index (χ4n) is 11.5. The zero-order chi connectivity index (χ0) is 69.1. The zero-order valence-corrected chi connectivity index (χ0v) is 56.6. The number of alkyl carbamates (subject to hydrolysis) is 1. The first-order chi connectivity index (χ1) is 45.1. The number of carbonyl (C=O) groups is 6. The summed E-state index contributed by atoms with van der Waals surface area (Å²) in [4.78, 5) is 74.9. The van der Waals surface area contributed by atoms with Crippen molar-refractivity contribution >= 4 is 35.8 Å². The number of aliphatic hydroxyl groups excluding tert-OH is 9. The van der Waals surface area contributed by atoms with Gasteiger partial charge in [0, 0.05) is 76.0 Å². The third-order valence-corrected chi connectivity index (χ3v) is 17.8. The molecule has 0 radical (unpaired) electrons. The van der Waals surface area contributed by atoms with E-state index in [1.165, 1.54) is 0 Å². The summed E-state index contributed by atoms with van der Waals surface area (Å²) in [6, 6.07) is 0. The van der Waals surface area contributed by atoms with E-state index in [2.05, 4.69) is 28.2 Å². The Morgan fingerprint density at radius 1 is 0.351 bits per heavy atom. The quantitative estimate of drug-likeness (QED) is 0.0236. The highest BCUT2D eigenvalue weighted by Crippen LogP contribution is 2.35. The Morgan fingerprint density at radius 2 is 0.638 bits per heavy atom.